The third kappa shape index (κ3) is 29.1. The van der Waals surface area contributed by atoms with Crippen molar-refractivity contribution < 1.29 is 77.3 Å². The summed E-state index contributed by atoms with van der Waals surface area (Å²) in [6.45, 7) is 28.8. The number of carboxylic acid groups (broad SMARTS) is 1. The first kappa shape index (κ1) is 94.7. The average Bonchev–Trinajstić information content (AvgIpc) is 1.59. The number of aliphatic hydroxyl groups excluding tert-OH is 1. The Morgan fingerprint density at radius 2 is 0.727 bits per heavy atom. The van der Waals surface area contributed by atoms with E-state index in [1.54, 1.807) is 131 Å². The summed E-state index contributed by atoms with van der Waals surface area (Å²) in [6.07, 6.45) is 3.42. The second kappa shape index (κ2) is 46.9. The minimum atomic E-state index is -1.70. The molecule has 0 aliphatic carbocycles. The number of fused-ring (bicyclic) bond motifs is 1. The van der Waals surface area contributed by atoms with Gasteiger partial charge in [-0.1, -0.05) is 204 Å². The standard InChI is InChI=1S/C79H127N15O16/c1-18-42(10)60(81)72(102)90-63(45(13)21-4)75(105)92-65(47(15)23-6)77(107)94-66(48(16)24-7)78(108)93-64(46(14)22-5)76(106)91-62(44(12)20-3)73(103)84-54(34-35-59(80)96)68(98)85-55(36-41(8)9)70(100)89-61(43(11)19-2)74(104)86-56(37-50-30-26-25-27-31-50)69(99)88-58(40-95)71(101)83-49(17)67(97)87-57(79(109)110)38-51-39-82-53-33-29-28-32-52(51)53/h25-33,39,41-49,54-58,60-66,82,95H,18-24,34-38,40,81H2,1-17H3,(H2,80,96)(H,83,101)(H,84,103)(H,85,98)(H,86,104)(H,87,97)(H,88,99)(H,89,100)(H,90,102)(H,91,106)(H,92,105)(H,93,108)(H,94,107)(H,109,110)/t42-,43-,44-,45-,46-,47-,48-,49-,54-,55-,56-,57-,58-,60-,61-,62-,63-,64-,65-,66-/m0/s1. The van der Waals surface area contributed by atoms with Gasteiger partial charge in [-0.2, -0.15) is 0 Å². The van der Waals surface area contributed by atoms with E-state index in [0.717, 1.165) is 10.9 Å². The summed E-state index contributed by atoms with van der Waals surface area (Å²) in [5, 5.41) is 53.6. The summed E-state index contributed by atoms with van der Waals surface area (Å²) in [5.41, 5.74) is 13.8. The second-order valence-corrected chi connectivity index (χ2v) is 30.1. The Bertz CT molecular complexity index is 3560. The SMILES string of the molecule is CC[C@H](C)[C@H](N)C(=O)N[C@H](C(=O)N[C@H](C(=O)N[C@H](C(=O)N[C@H](C(=O)N[C@H](C(=O)N[C@@H](CCC(N)=O)C(=O)N[C@@H](CC(C)C)C(=O)N[C@H](C(=O)N[C@@H](Cc1ccccc1)C(=O)N[C@@H](CO)C(=O)N[C@@H](C)C(=O)N[C@@H](Cc1c[nH]c2ccccc12)C(=O)O)[C@@H](C)CC)[C@@H](C)CC)[C@@H](C)CC)[C@@H](C)CC)[C@@H](C)CC)[C@@H](C)CC. The number of aromatic amines is 1. The molecule has 2 aromatic carbocycles. The Hall–Kier alpha value is -9.52. The lowest BCUT2D eigenvalue weighted by molar-refractivity contribution is -0.142. The first-order valence-corrected chi connectivity index (χ1v) is 39.0. The van der Waals surface area contributed by atoms with Gasteiger partial charge in [0.1, 0.15) is 72.5 Å². The number of nitrogens with one attached hydrogen (secondary N) is 13. The van der Waals surface area contributed by atoms with Crippen LogP contribution in [0.2, 0.25) is 0 Å². The van der Waals surface area contributed by atoms with Gasteiger partial charge in [-0.25, -0.2) is 4.79 Å². The number of aromatic nitrogens is 1. The number of primary amides is 1. The monoisotopic (exact) mass is 1540 g/mol. The molecule has 110 heavy (non-hydrogen) atoms. The number of carboxylic acids is 1. The van der Waals surface area contributed by atoms with Gasteiger partial charge in [-0.3, -0.25) is 62.3 Å². The van der Waals surface area contributed by atoms with Crippen LogP contribution >= 0.6 is 0 Å². The Morgan fingerprint density at radius 3 is 1.14 bits per heavy atom. The van der Waals surface area contributed by atoms with Crippen LogP contribution in [0.4, 0.5) is 0 Å². The molecule has 31 nitrogen and oxygen atoms in total. The van der Waals surface area contributed by atoms with Gasteiger partial charge in [-0.15, -0.1) is 0 Å². The van der Waals surface area contributed by atoms with Crippen LogP contribution in [0.3, 0.4) is 0 Å². The highest BCUT2D eigenvalue weighted by Crippen LogP contribution is 2.22. The minimum Gasteiger partial charge on any atom is -0.480 e. The van der Waals surface area contributed by atoms with Crippen LogP contribution in [0.5, 0.6) is 0 Å². The number of amides is 13. The van der Waals surface area contributed by atoms with Crippen LogP contribution in [0, 0.1) is 47.3 Å². The molecular weight excluding hydrogens is 1410 g/mol. The molecule has 0 bridgehead atoms. The molecule has 614 valence electrons. The molecule has 0 saturated heterocycles. The lowest BCUT2D eigenvalue weighted by Crippen LogP contribution is -2.63. The quantitative estimate of drug-likeness (QED) is 0.0386. The number of aliphatic carboxylic acids is 1. The summed E-state index contributed by atoms with van der Waals surface area (Å²) < 4.78 is 0. The highest BCUT2D eigenvalue weighted by Gasteiger charge is 2.41. The molecule has 31 heteroatoms. The van der Waals surface area contributed by atoms with Crippen LogP contribution in [0.25, 0.3) is 10.9 Å². The molecule has 1 heterocycles. The smallest absolute Gasteiger partial charge is 0.326 e. The van der Waals surface area contributed by atoms with Crippen LogP contribution in [-0.4, -0.2) is 183 Å². The van der Waals surface area contributed by atoms with Gasteiger partial charge in [0.05, 0.1) is 12.6 Å². The number of H-pyrrole nitrogens is 1. The molecule has 0 radical (unpaired) electrons. The van der Waals surface area contributed by atoms with Crippen LogP contribution in [0.15, 0.2) is 60.8 Å². The summed E-state index contributed by atoms with van der Waals surface area (Å²) in [4.78, 5) is 200. The van der Waals surface area contributed by atoms with E-state index in [0.29, 0.717) is 56.1 Å². The Balaban J connectivity index is 1.91. The molecule has 1 aromatic heterocycles. The molecule has 19 N–H and O–H groups in total. The maximum Gasteiger partial charge on any atom is 0.326 e. The van der Waals surface area contributed by atoms with Crippen molar-refractivity contribution in [2.24, 2.45) is 58.8 Å². The summed E-state index contributed by atoms with van der Waals surface area (Å²) in [5.74, 6) is -15.5. The molecule has 3 aromatic rings. The van der Waals surface area contributed by atoms with Gasteiger partial charge < -0.3 is 90.5 Å². The minimum absolute atomic E-state index is 0.0305. The molecule has 0 spiro atoms. The predicted octanol–water partition coefficient (Wildman–Crippen LogP) is 2.83. The Kier molecular flexibility index (Phi) is 40.3. The van der Waals surface area contributed by atoms with Crippen molar-refractivity contribution in [3.8, 4) is 0 Å². The third-order valence-corrected chi connectivity index (χ3v) is 21.2. The number of hydrogen-bond acceptors (Lipinski definition) is 16. The largest absolute Gasteiger partial charge is 0.480 e. The lowest BCUT2D eigenvalue weighted by atomic mass is 9.92. The fraction of sp³-hybridized carbons (Fsp3) is 0.646. The number of carbonyl (C=O) groups excluding carboxylic acids is 13. The normalized spacial score (nSPS) is 16.9. The summed E-state index contributed by atoms with van der Waals surface area (Å²) >= 11 is 0. The van der Waals surface area contributed by atoms with Crippen molar-refractivity contribution >= 4 is 93.7 Å². The number of hydrogen-bond donors (Lipinski definition) is 17. The van der Waals surface area contributed by atoms with Crippen molar-refractivity contribution in [1.29, 1.82) is 0 Å². The first-order chi connectivity index (χ1) is 51.9. The third-order valence-electron chi connectivity index (χ3n) is 21.2. The van der Waals surface area contributed by atoms with Gasteiger partial charge >= 0.3 is 5.97 Å². The van der Waals surface area contributed by atoms with Gasteiger partial charge in [0, 0.05) is 36.4 Å². The van der Waals surface area contributed by atoms with Crippen molar-refractivity contribution in [1.82, 2.24) is 68.8 Å². The molecule has 13 amide bonds. The van der Waals surface area contributed by atoms with Crippen LogP contribution in [0.1, 0.15) is 193 Å². The highest BCUT2D eigenvalue weighted by atomic mass is 16.4. The second-order valence-electron chi connectivity index (χ2n) is 30.1. The zero-order valence-corrected chi connectivity index (χ0v) is 67.4. The van der Waals surface area contributed by atoms with Crippen LogP contribution in [-0.2, 0) is 80.0 Å². The molecule has 0 unspecified atom stereocenters. The maximum absolute atomic E-state index is 14.8. The molecule has 20 atom stereocenters. The number of benzene rings is 2. The Morgan fingerprint density at radius 1 is 0.382 bits per heavy atom. The van der Waals surface area contributed by atoms with E-state index in [2.05, 4.69) is 68.8 Å². The van der Waals surface area contributed by atoms with Gasteiger partial charge in [0.2, 0.25) is 76.8 Å². The van der Waals surface area contributed by atoms with Gasteiger partial charge in [0.25, 0.3) is 0 Å². The van der Waals surface area contributed by atoms with E-state index in [-0.39, 0.29) is 43.4 Å². The molecule has 0 aliphatic heterocycles. The lowest BCUT2D eigenvalue weighted by Gasteiger charge is -2.33. The number of rotatable bonds is 49. The molecule has 3 rings (SSSR count). The maximum atomic E-state index is 14.8. The molecular formula is C79H127N15O16. The van der Waals surface area contributed by atoms with Crippen molar-refractivity contribution in [2.45, 2.75) is 273 Å². The molecule has 0 saturated carbocycles. The van der Waals surface area contributed by atoms with Gasteiger partial charge in [-0.05, 0) is 84.3 Å². The van der Waals surface area contributed by atoms with E-state index in [4.69, 9.17) is 11.5 Å². The van der Waals surface area contributed by atoms with Gasteiger partial charge in [0.15, 0.2) is 0 Å². The number of carbonyl (C=O) groups is 14. The van der Waals surface area contributed by atoms with Crippen LogP contribution < -0.4 is 75.3 Å². The summed E-state index contributed by atoms with van der Waals surface area (Å²) in [6, 6.07) is -1.68. The zero-order chi connectivity index (χ0) is 83.0. The van der Waals surface area contributed by atoms with Crippen molar-refractivity contribution in [3.63, 3.8) is 0 Å². The van der Waals surface area contributed by atoms with E-state index in [1.165, 1.54) is 6.92 Å². The molecule has 0 aliphatic rings. The van der Waals surface area contributed by atoms with Crippen molar-refractivity contribution in [3.05, 3.63) is 71.9 Å². The average molecular weight is 1540 g/mol. The van der Waals surface area contributed by atoms with E-state index >= 15 is 0 Å². The van der Waals surface area contributed by atoms with E-state index < -0.39 is 204 Å². The topological polar surface area (TPSA) is 492 Å². The number of nitrogens with two attached hydrogens (primary N) is 2. The molecule has 0 fully saturated rings. The number of aliphatic hydroxyl groups is 1. The Labute approximate surface area is 647 Å². The fourth-order valence-electron chi connectivity index (χ4n) is 12.2. The predicted molar refractivity (Wildman–Crippen MR) is 418 cm³/mol. The zero-order valence-electron chi connectivity index (χ0n) is 67.4. The summed E-state index contributed by atoms with van der Waals surface area (Å²) in [7, 11) is 0. The van der Waals surface area contributed by atoms with E-state index in [1.807, 2.05) is 40.7 Å². The number of para-hydroxylation sites is 1. The first-order valence-electron chi connectivity index (χ1n) is 39.0. The van der Waals surface area contributed by atoms with E-state index in [9.17, 15) is 77.3 Å². The highest BCUT2D eigenvalue weighted by molar-refractivity contribution is 6.00. The fourth-order valence-corrected chi connectivity index (χ4v) is 12.2. The van der Waals surface area contributed by atoms with Crippen molar-refractivity contribution in [2.75, 3.05) is 6.61 Å².